The summed E-state index contributed by atoms with van der Waals surface area (Å²) < 4.78 is 4.91. The highest BCUT2D eigenvalue weighted by Gasteiger charge is 2.33. The number of esters is 1. The number of nitrogens with zero attached hydrogens (tertiary/aromatic N) is 1. The van der Waals surface area contributed by atoms with E-state index in [0.717, 1.165) is 0 Å². The number of halogens is 1. The van der Waals surface area contributed by atoms with Crippen LogP contribution in [0, 0.1) is 11.3 Å². The molecule has 0 fully saturated rings. The topological polar surface area (TPSA) is 84.2 Å². The Kier molecular flexibility index (Phi) is 3.92. The van der Waals surface area contributed by atoms with Crippen molar-refractivity contribution in [3.8, 4) is 6.07 Å². The highest BCUT2D eigenvalue weighted by Crippen LogP contribution is 2.34. The molecule has 24 heavy (non-hydrogen) atoms. The molecule has 3 rings (SSSR count). The number of rotatable bonds is 2. The molecule has 0 aromatic heterocycles. The average molecular weight is 340 g/mol. The Hall–Kier alpha value is -2.97. The lowest BCUT2D eigenvalue weighted by Gasteiger charge is -2.19. The van der Waals surface area contributed by atoms with Gasteiger partial charge in [-0.2, -0.15) is 5.26 Å². The number of hydrogen-bond acceptors (Lipinski definition) is 5. The van der Waals surface area contributed by atoms with Crippen molar-refractivity contribution < 1.29 is 19.1 Å². The largest absolute Gasteiger partial charge is 0.444 e. The molecule has 0 radical (unpaired) electrons. The molecule has 1 aliphatic rings. The molecular formula is C18H10ClNO4. The van der Waals surface area contributed by atoms with Crippen LogP contribution in [0.15, 0.2) is 36.4 Å². The minimum absolute atomic E-state index is 0.0144. The Labute approximate surface area is 142 Å². The Bertz CT molecular complexity index is 943. The number of carbonyl (C=O) groups excluding carboxylic acids is 3. The zero-order valence-corrected chi connectivity index (χ0v) is 13.3. The van der Waals surface area contributed by atoms with Gasteiger partial charge in [-0.05, 0) is 19.1 Å². The van der Waals surface area contributed by atoms with Crippen molar-refractivity contribution >= 4 is 29.1 Å². The lowest BCUT2D eigenvalue weighted by molar-refractivity contribution is 0.0435. The number of fused-ring (bicyclic) bond motifs is 2. The lowest BCUT2D eigenvalue weighted by Crippen LogP contribution is -2.23. The van der Waals surface area contributed by atoms with Gasteiger partial charge in [-0.3, -0.25) is 9.59 Å². The van der Waals surface area contributed by atoms with Gasteiger partial charge in [-0.25, -0.2) is 4.79 Å². The maximum Gasteiger partial charge on any atom is 0.340 e. The van der Waals surface area contributed by atoms with E-state index in [9.17, 15) is 14.4 Å². The molecule has 0 spiro atoms. The van der Waals surface area contributed by atoms with Crippen molar-refractivity contribution in [1.29, 1.82) is 5.26 Å². The number of benzene rings is 2. The minimum Gasteiger partial charge on any atom is -0.444 e. The summed E-state index contributed by atoms with van der Waals surface area (Å²) in [7, 11) is 0. The first-order valence-corrected chi connectivity index (χ1v) is 7.45. The molecule has 0 heterocycles. The third-order valence-electron chi connectivity index (χ3n) is 3.72. The van der Waals surface area contributed by atoms with Crippen molar-refractivity contribution in [2.45, 2.75) is 13.0 Å². The standard InChI is InChI=1S/C18H10ClNO4/c1-9(8-20)24-18(23)13-7-6-12-14(15(13)19)17(22)11-5-3-2-4-10(11)16(12)21/h2-7,9H,1H3/t9-/m0/s1. The summed E-state index contributed by atoms with van der Waals surface area (Å²) in [5.74, 6) is -1.57. The van der Waals surface area contributed by atoms with E-state index in [1.165, 1.54) is 25.1 Å². The third-order valence-corrected chi connectivity index (χ3v) is 4.11. The van der Waals surface area contributed by atoms with Crippen molar-refractivity contribution in [3.05, 3.63) is 69.2 Å². The average Bonchev–Trinajstić information content (AvgIpc) is 2.59. The summed E-state index contributed by atoms with van der Waals surface area (Å²) in [4.78, 5) is 37.3. The number of ether oxygens (including phenoxy) is 1. The van der Waals surface area contributed by atoms with Crippen molar-refractivity contribution in [1.82, 2.24) is 0 Å². The van der Waals surface area contributed by atoms with Crippen LogP contribution in [0.2, 0.25) is 5.02 Å². The number of carbonyl (C=O) groups is 3. The normalized spacial score (nSPS) is 13.5. The third kappa shape index (κ3) is 2.38. The van der Waals surface area contributed by atoms with E-state index in [1.807, 2.05) is 0 Å². The SMILES string of the molecule is C[C@@H](C#N)OC(=O)c1ccc2c(c1Cl)C(=O)c1ccccc1C2=O. The van der Waals surface area contributed by atoms with Crippen LogP contribution in [0.5, 0.6) is 0 Å². The molecule has 0 amide bonds. The van der Waals surface area contributed by atoms with Crippen LogP contribution in [0.1, 0.15) is 49.1 Å². The molecule has 5 nitrogen and oxygen atoms in total. The molecule has 118 valence electrons. The number of nitriles is 1. The van der Waals surface area contributed by atoms with E-state index < -0.39 is 17.9 Å². The van der Waals surface area contributed by atoms with E-state index >= 15 is 0 Å². The van der Waals surface area contributed by atoms with Gasteiger partial charge in [0.05, 0.1) is 16.1 Å². The monoisotopic (exact) mass is 339 g/mol. The zero-order valence-electron chi connectivity index (χ0n) is 12.5. The summed E-state index contributed by atoms with van der Waals surface area (Å²) >= 11 is 6.22. The van der Waals surface area contributed by atoms with Crippen molar-refractivity contribution in [2.24, 2.45) is 0 Å². The van der Waals surface area contributed by atoms with Gasteiger partial charge in [0.15, 0.2) is 17.7 Å². The molecule has 0 aliphatic heterocycles. The summed E-state index contributed by atoms with van der Waals surface area (Å²) in [6.45, 7) is 1.41. The van der Waals surface area contributed by atoms with Crippen LogP contribution >= 0.6 is 11.6 Å². The van der Waals surface area contributed by atoms with Crippen LogP contribution < -0.4 is 0 Å². The molecule has 2 aromatic carbocycles. The Morgan fingerprint density at radius 1 is 1.08 bits per heavy atom. The molecule has 0 saturated heterocycles. The predicted octanol–water partition coefficient (Wildman–Crippen LogP) is 3.18. The fraction of sp³-hybridized carbons (Fsp3) is 0.111. The van der Waals surface area contributed by atoms with E-state index in [4.69, 9.17) is 21.6 Å². The first-order chi connectivity index (χ1) is 11.5. The van der Waals surface area contributed by atoms with Gasteiger partial charge in [-0.1, -0.05) is 35.9 Å². The molecule has 1 atom stereocenters. The van der Waals surface area contributed by atoms with Gasteiger partial charge in [0.1, 0.15) is 6.07 Å². The molecule has 0 unspecified atom stereocenters. The molecule has 0 saturated carbocycles. The number of ketones is 2. The van der Waals surface area contributed by atoms with E-state index in [2.05, 4.69) is 0 Å². The number of hydrogen-bond donors (Lipinski definition) is 0. The fourth-order valence-corrected chi connectivity index (χ4v) is 2.88. The molecule has 0 N–H and O–H groups in total. The molecule has 0 bridgehead atoms. The minimum atomic E-state index is -0.956. The van der Waals surface area contributed by atoms with Crippen LogP contribution in [0.4, 0.5) is 0 Å². The second-order valence-electron chi connectivity index (χ2n) is 5.23. The molecular weight excluding hydrogens is 330 g/mol. The molecule has 6 heteroatoms. The highest BCUT2D eigenvalue weighted by molar-refractivity contribution is 6.41. The van der Waals surface area contributed by atoms with E-state index in [0.29, 0.717) is 5.56 Å². The smallest absolute Gasteiger partial charge is 0.340 e. The van der Waals surface area contributed by atoms with Crippen molar-refractivity contribution in [2.75, 3.05) is 0 Å². The molecule has 2 aromatic rings. The summed E-state index contributed by atoms with van der Waals surface area (Å²) in [5.41, 5.74) is 0.623. The Morgan fingerprint density at radius 3 is 2.33 bits per heavy atom. The van der Waals surface area contributed by atoms with Crippen molar-refractivity contribution in [3.63, 3.8) is 0 Å². The first kappa shape index (κ1) is 15.9. The highest BCUT2D eigenvalue weighted by atomic mass is 35.5. The van der Waals surface area contributed by atoms with Gasteiger partial charge >= 0.3 is 5.97 Å². The van der Waals surface area contributed by atoms with E-state index in [-0.39, 0.29) is 33.1 Å². The maximum atomic E-state index is 12.7. The van der Waals surface area contributed by atoms with Crippen LogP contribution in [-0.2, 0) is 4.74 Å². The summed E-state index contributed by atoms with van der Waals surface area (Å²) in [5, 5.41) is 8.58. The van der Waals surface area contributed by atoms with Gasteiger partial charge in [-0.15, -0.1) is 0 Å². The van der Waals surface area contributed by atoms with Gasteiger partial charge in [0.25, 0.3) is 0 Å². The zero-order chi connectivity index (χ0) is 17.4. The summed E-state index contributed by atoms with van der Waals surface area (Å²) in [6, 6.07) is 10.9. The summed E-state index contributed by atoms with van der Waals surface area (Å²) in [6.07, 6.45) is -0.956. The van der Waals surface area contributed by atoms with Crippen LogP contribution in [-0.4, -0.2) is 23.6 Å². The predicted molar refractivity (Wildman–Crippen MR) is 85.2 cm³/mol. The van der Waals surface area contributed by atoms with Gasteiger partial charge in [0.2, 0.25) is 0 Å². The Balaban J connectivity index is 2.13. The second-order valence-corrected chi connectivity index (χ2v) is 5.61. The van der Waals surface area contributed by atoms with Crippen LogP contribution in [0.25, 0.3) is 0 Å². The fourth-order valence-electron chi connectivity index (χ4n) is 2.55. The quantitative estimate of drug-likeness (QED) is 0.669. The lowest BCUT2D eigenvalue weighted by atomic mass is 9.83. The maximum absolute atomic E-state index is 12.7. The Morgan fingerprint density at radius 2 is 1.71 bits per heavy atom. The molecule has 1 aliphatic carbocycles. The van der Waals surface area contributed by atoms with Crippen LogP contribution in [0.3, 0.4) is 0 Å². The van der Waals surface area contributed by atoms with Gasteiger partial charge in [0, 0.05) is 16.7 Å². The first-order valence-electron chi connectivity index (χ1n) is 7.07. The second kappa shape index (κ2) is 5.91. The van der Waals surface area contributed by atoms with Gasteiger partial charge < -0.3 is 4.74 Å². The van der Waals surface area contributed by atoms with E-state index in [1.54, 1.807) is 24.3 Å².